The second kappa shape index (κ2) is 3.05. The molecular formula is C11H11NO. The normalized spacial score (nSPS) is 18.6. The zero-order valence-corrected chi connectivity index (χ0v) is 7.23. The van der Waals surface area contributed by atoms with Gasteiger partial charge in [-0.05, 0) is 11.1 Å². The van der Waals surface area contributed by atoms with E-state index in [4.69, 9.17) is 5.73 Å². The predicted octanol–water partition coefficient (Wildman–Crippen LogP) is 1.67. The molecule has 1 aromatic carbocycles. The van der Waals surface area contributed by atoms with Crippen molar-refractivity contribution in [1.82, 2.24) is 0 Å². The predicted molar refractivity (Wildman–Crippen MR) is 52.0 cm³/mol. The maximum absolute atomic E-state index is 10.8. The molecule has 0 saturated heterocycles. The number of fused-ring (bicyclic) bond motifs is 1. The van der Waals surface area contributed by atoms with Crippen molar-refractivity contribution < 1.29 is 4.79 Å². The van der Waals surface area contributed by atoms with Crippen LogP contribution in [0.3, 0.4) is 0 Å². The Balaban J connectivity index is 2.28. The first kappa shape index (κ1) is 8.05. The molecule has 0 saturated carbocycles. The molecule has 0 aromatic heterocycles. The zero-order chi connectivity index (χ0) is 9.26. The number of hydrogen-bond acceptors (Lipinski definition) is 1. The van der Waals surface area contributed by atoms with Crippen LogP contribution in [-0.4, -0.2) is 5.91 Å². The number of carbonyl (C=O) groups excluding carboxylic acids is 1. The van der Waals surface area contributed by atoms with Crippen molar-refractivity contribution in [2.45, 2.75) is 12.3 Å². The first-order valence-corrected chi connectivity index (χ1v) is 4.33. The second-order valence-electron chi connectivity index (χ2n) is 3.26. The fraction of sp³-hybridized carbons (Fsp3) is 0.182. The van der Waals surface area contributed by atoms with E-state index < -0.39 is 0 Å². The number of amides is 1. The van der Waals surface area contributed by atoms with Crippen molar-refractivity contribution in [3.8, 4) is 0 Å². The van der Waals surface area contributed by atoms with Gasteiger partial charge in [-0.15, -0.1) is 0 Å². The standard InChI is InChI=1S/C11H11NO/c12-11(13)7-9-6-5-8-3-1-2-4-10(8)9/h1-6,9H,7H2,(H2,12,13). The minimum Gasteiger partial charge on any atom is -0.370 e. The van der Waals surface area contributed by atoms with Gasteiger partial charge >= 0.3 is 0 Å². The quantitative estimate of drug-likeness (QED) is 0.726. The van der Waals surface area contributed by atoms with Gasteiger partial charge in [-0.1, -0.05) is 36.4 Å². The molecule has 1 amide bonds. The summed E-state index contributed by atoms with van der Waals surface area (Å²) in [5.41, 5.74) is 7.57. The first-order chi connectivity index (χ1) is 6.27. The van der Waals surface area contributed by atoms with Gasteiger partial charge in [0.25, 0.3) is 0 Å². The Morgan fingerprint density at radius 2 is 2.15 bits per heavy atom. The highest BCUT2D eigenvalue weighted by atomic mass is 16.1. The fourth-order valence-electron chi connectivity index (χ4n) is 1.72. The number of nitrogens with two attached hydrogens (primary N) is 1. The van der Waals surface area contributed by atoms with Crippen LogP contribution in [0.25, 0.3) is 6.08 Å². The van der Waals surface area contributed by atoms with E-state index in [2.05, 4.69) is 0 Å². The van der Waals surface area contributed by atoms with Crippen LogP contribution in [0, 0.1) is 0 Å². The van der Waals surface area contributed by atoms with Crippen LogP contribution in [0.15, 0.2) is 30.3 Å². The van der Waals surface area contributed by atoms with Crippen LogP contribution in [0.1, 0.15) is 23.5 Å². The second-order valence-corrected chi connectivity index (χ2v) is 3.26. The van der Waals surface area contributed by atoms with Gasteiger partial charge in [-0.2, -0.15) is 0 Å². The lowest BCUT2D eigenvalue weighted by Crippen LogP contribution is -2.13. The van der Waals surface area contributed by atoms with Crippen LogP contribution in [0.4, 0.5) is 0 Å². The number of rotatable bonds is 2. The van der Waals surface area contributed by atoms with Gasteiger partial charge in [0.15, 0.2) is 0 Å². The van der Waals surface area contributed by atoms with E-state index in [9.17, 15) is 4.79 Å². The molecular weight excluding hydrogens is 162 g/mol. The monoisotopic (exact) mass is 173 g/mol. The zero-order valence-electron chi connectivity index (χ0n) is 7.23. The van der Waals surface area contributed by atoms with Crippen LogP contribution < -0.4 is 5.73 Å². The number of allylic oxidation sites excluding steroid dienone is 1. The maximum Gasteiger partial charge on any atom is 0.218 e. The molecule has 0 fully saturated rings. The summed E-state index contributed by atoms with van der Waals surface area (Å²) >= 11 is 0. The van der Waals surface area contributed by atoms with Gasteiger partial charge in [-0.25, -0.2) is 0 Å². The Morgan fingerprint density at radius 1 is 1.38 bits per heavy atom. The Hall–Kier alpha value is -1.57. The summed E-state index contributed by atoms with van der Waals surface area (Å²) < 4.78 is 0. The van der Waals surface area contributed by atoms with Crippen molar-refractivity contribution in [3.63, 3.8) is 0 Å². The van der Waals surface area contributed by atoms with E-state index in [0.29, 0.717) is 6.42 Å². The molecule has 13 heavy (non-hydrogen) atoms. The fourth-order valence-corrected chi connectivity index (χ4v) is 1.72. The van der Waals surface area contributed by atoms with Crippen LogP contribution in [0.2, 0.25) is 0 Å². The minimum atomic E-state index is -0.244. The molecule has 66 valence electrons. The maximum atomic E-state index is 10.8. The molecule has 0 heterocycles. The van der Waals surface area contributed by atoms with Crippen LogP contribution in [-0.2, 0) is 4.79 Å². The highest BCUT2D eigenvalue weighted by molar-refractivity contribution is 5.77. The van der Waals surface area contributed by atoms with Crippen molar-refractivity contribution in [3.05, 3.63) is 41.5 Å². The molecule has 2 nitrogen and oxygen atoms in total. The SMILES string of the molecule is NC(=O)CC1C=Cc2ccccc21. The van der Waals surface area contributed by atoms with Gasteiger partial charge in [-0.3, -0.25) is 4.79 Å². The first-order valence-electron chi connectivity index (χ1n) is 4.33. The van der Waals surface area contributed by atoms with E-state index in [1.54, 1.807) is 0 Å². The van der Waals surface area contributed by atoms with Gasteiger partial charge in [0.05, 0.1) is 0 Å². The summed E-state index contributed by atoms with van der Waals surface area (Å²) in [5.74, 6) is -0.0555. The Bertz CT molecular complexity index is 368. The van der Waals surface area contributed by atoms with Gasteiger partial charge < -0.3 is 5.73 Å². The number of hydrogen-bond donors (Lipinski definition) is 1. The third-order valence-electron chi connectivity index (χ3n) is 2.32. The summed E-state index contributed by atoms with van der Waals surface area (Å²) in [4.78, 5) is 10.8. The summed E-state index contributed by atoms with van der Waals surface area (Å²) in [6.07, 6.45) is 4.49. The van der Waals surface area contributed by atoms with Crippen molar-refractivity contribution in [2.75, 3.05) is 0 Å². The minimum absolute atomic E-state index is 0.189. The molecule has 0 spiro atoms. The molecule has 1 aliphatic carbocycles. The summed E-state index contributed by atoms with van der Waals surface area (Å²) in [6, 6.07) is 8.07. The highest BCUT2D eigenvalue weighted by Gasteiger charge is 2.17. The third-order valence-corrected chi connectivity index (χ3v) is 2.32. The van der Waals surface area contributed by atoms with Crippen LogP contribution in [0.5, 0.6) is 0 Å². The summed E-state index contributed by atoms with van der Waals surface area (Å²) in [7, 11) is 0. The average Bonchev–Trinajstić information content (AvgIpc) is 2.48. The largest absolute Gasteiger partial charge is 0.370 e. The highest BCUT2D eigenvalue weighted by Crippen LogP contribution is 2.31. The molecule has 2 rings (SSSR count). The topological polar surface area (TPSA) is 43.1 Å². The van der Waals surface area contributed by atoms with Crippen molar-refractivity contribution in [1.29, 1.82) is 0 Å². The third kappa shape index (κ3) is 1.47. The number of primary amides is 1. The lowest BCUT2D eigenvalue weighted by Gasteiger charge is -2.07. The van der Waals surface area contributed by atoms with E-state index in [1.165, 1.54) is 11.1 Å². The van der Waals surface area contributed by atoms with Gasteiger partial charge in [0, 0.05) is 12.3 Å². The van der Waals surface area contributed by atoms with Gasteiger partial charge in [0.2, 0.25) is 5.91 Å². The Labute approximate surface area is 77.1 Å². The molecule has 1 aliphatic rings. The number of carbonyl (C=O) groups is 1. The van der Waals surface area contributed by atoms with E-state index in [1.807, 2.05) is 36.4 Å². The van der Waals surface area contributed by atoms with Crippen molar-refractivity contribution in [2.24, 2.45) is 5.73 Å². The summed E-state index contributed by atoms with van der Waals surface area (Å²) in [5, 5.41) is 0. The Morgan fingerprint density at radius 3 is 2.92 bits per heavy atom. The number of benzene rings is 1. The smallest absolute Gasteiger partial charge is 0.218 e. The molecule has 2 heteroatoms. The molecule has 0 radical (unpaired) electrons. The Kier molecular flexibility index (Phi) is 1.89. The van der Waals surface area contributed by atoms with E-state index in [-0.39, 0.29) is 11.8 Å². The molecule has 2 N–H and O–H groups in total. The molecule has 1 unspecified atom stereocenters. The molecule has 0 bridgehead atoms. The van der Waals surface area contributed by atoms with E-state index in [0.717, 1.165) is 0 Å². The summed E-state index contributed by atoms with van der Waals surface area (Å²) in [6.45, 7) is 0. The lowest BCUT2D eigenvalue weighted by atomic mass is 9.97. The molecule has 1 atom stereocenters. The van der Waals surface area contributed by atoms with E-state index >= 15 is 0 Å². The molecule has 1 aromatic rings. The lowest BCUT2D eigenvalue weighted by molar-refractivity contribution is -0.118. The molecule has 0 aliphatic heterocycles. The van der Waals surface area contributed by atoms with Crippen molar-refractivity contribution >= 4 is 12.0 Å². The average molecular weight is 173 g/mol. The van der Waals surface area contributed by atoms with Gasteiger partial charge in [0.1, 0.15) is 0 Å². The van der Waals surface area contributed by atoms with Crippen LogP contribution >= 0.6 is 0 Å².